The maximum absolute atomic E-state index is 12.1. The van der Waals surface area contributed by atoms with Crippen molar-refractivity contribution >= 4 is 5.91 Å². The molecule has 1 N–H and O–H groups in total. The van der Waals surface area contributed by atoms with Gasteiger partial charge in [-0.25, -0.2) is 0 Å². The topological polar surface area (TPSA) is 56.1 Å². The van der Waals surface area contributed by atoms with Gasteiger partial charge < -0.3 is 10.1 Å². The third-order valence-electron chi connectivity index (χ3n) is 3.22. The number of aryl methyl sites for hydroxylation is 1. The van der Waals surface area contributed by atoms with Gasteiger partial charge in [0.15, 0.2) is 0 Å². The molecule has 0 aliphatic carbocycles. The standard InChI is InChI=1S/C13H21N3O2/c1-9(2)11-7-12(16(3)15-11)13(17)14-10-5-4-6-18-8-10/h7,9-10H,4-6,8H2,1-3H3,(H,14,17). The lowest BCUT2D eigenvalue weighted by Gasteiger charge is -2.22. The fourth-order valence-corrected chi connectivity index (χ4v) is 2.10. The molecule has 1 unspecified atom stereocenters. The molecule has 0 radical (unpaired) electrons. The highest BCUT2D eigenvalue weighted by Gasteiger charge is 2.20. The zero-order valence-electron chi connectivity index (χ0n) is 11.3. The molecular weight excluding hydrogens is 230 g/mol. The molecule has 100 valence electrons. The van der Waals surface area contributed by atoms with Crippen LogP contribution in [0.2, 0.25) is 0 Å². The second-order valence-electron chi connectivity index (χ2n) is 5.12. The molecule has 2 heterocycles. The van der Waals surface area contributed by atoms with Crippen molar-refractivity contribution in [2.45, 2.75) is 38.6 Å². The Hall–Kier alpha value is -1.36. The number of amides is 1. The highest BCUT2D eigenvalue weighted by atomic mass is 16.5. The number of nitrogens with one attached hydrogen (secondary N) is 1. The molecule has 5 heteroatoms. The number of rotatable bonds is 3. The van der Waals surface area contributed by atoms with E-state index in [0.717, 1.165) is 25.1 Å². The van der Waals surface area contributed by atoms with Gasteiger partial charge in [-0.1, -0.05) is 13.8 Å². The van der Waals surface area contributed by atoms with Gasteiger partial charge in [-0.2, -0.15) is 5.10 Å². The first-order valence-corrected chi connectivity index (χ1v) is 6.50. The second-order valence-corrected chi connectivity index (χ2v) is 5.12. The molecule has 1 fully saturated rings. The largest absolute Gasteiger partial charge is 0.379 e. The van der Waals surface area contributed by atoms with Crippen molar-refractivity contribution in [3.8, 4) is 0 Å². The van der Waals surface area contributed by atoms with Crippen molar-refractivity contribution in [1.82, 2.24) is 15.1 Å². The average molecular weight is 251 g/mol. The van der Waals surface area contributed by atoms with E-state index >= 15 is 0 Å². The summed E-state index contributed by atoms with van der Waals surface area (Å²) in [6.07, 6.45) is 1.99. The Labute approximate surface area is 108 Å². The first-order valence-electron chi connectivity index (χ1n) is 6.50. The summed E-state index contributed by atoms with van der Waals surface area (Å²) in [5.74, 6) is 0.267. The lowest BCUT2D eigenvalue weighted by atomic mass is 10.1. The van der Waals surface area contributed by atoms with Crippen LogP contribution in [-0.4, -0.2) is 34.9 Å². The molecule has 1 amide bonds. The van der Waals surface area contributed by atoms with Crippen molar-refractivity contribution < 1.29 is 9.53 Å². The summed E-state index contributed by atoms with van der Waals surface area (Å²) in [5.41, 5.74) is 1.56. The zero-order chi connectivity index (χ0) is 13.1. The smallest absolute Gasteiger partial charge is 0.269 e. The lowest BCUT2D eigenvalue weighted by molar-refractivity contribution is 0.0620. The number of carbonyl (C=O) groups is 1. The third kappa shape index (κ3) is 2.90. The fraction of sp³-hybridized carbons (Fsp3) is 0.692. The van der Waals surface area contributed by atoms with Crippen LogP contribution >= 0.6 is 0 Å². The maximum atomic E-state index is 12.1. The van der Waals surface area contributed by atoms with Crippen molar-refractivity contribution in [2.75, 3.05) is 13.2 Å². The fourth-order valence-electron chi connectivity index (χ4n) is 2.10. The number of nitrogens with zero attached hydrogens (tertiary/aromatic N) is 2. The molecule has 0 aromatic carbocycles. The summed E-state index contributed by atoms with van der Waals surface area (Å²) < 4.78 is 7.00. The van der Waals surface area contributed by atoms with E-state index < -0.39 is 0 Å². The predicted octanol–water partition coefficient (Wildman–Crippen LogP) is 1.45. The van der Waals surface area contributed by atoms with E-state index in [4.69, 9.17) is 4.74 Å². The number of hydrogen-bond donors (Lipinski definition) is 1. The Bertz CT molecular complexity index is 420. The van der Waals surface area contributed by atoms with Crippen LogP contribution in [-0.2, 0) is 11.8 Å². The average Bonchev–Trinajstić information content (AvgIpc) is 2.73. The summed E-state index contributed by atoms with van der Waals surface area (Å²) >= 11 is 0. The van der Waals surface area contributed by atoms with Crippen molar-refractivity contribution in [3.05, 3.63) is 17.5 Å². The first-order chi connectivity index (χ1) is 8.58. The first kappa shape index (κ1) is 13.1. The van der Waals surface area contributed by atoms with Crippen LogP contribution in [0.5, 0.6) is 0 Å². The van der Waals surface area contributed by atoms with E-state index in [1.165, 1.54) is 0 Å². The van der Waals surface area contributed by atoms with Crippen molar-refractivity contribution in [2.24, 2.45) is 7.05 Å². The normalized spacial score (nSPS) is 20.1. The summed E-state index contributed by atoms with van der Waals surface area (Å²) in [6.45, 7) is 5.55. The van der Waals surface area contributed by atoms with Gasteiger partial charge in [-0.3, -0.25) is 9.48 Å². The number of hydrogen-bond acceptors (Lipinski definition) is 3. The molecule has 18 heavy (non-hydrogen) atoms. The van der Waals surface area contributed by atoms with Gasteiger partial charge in [0.25, 0.3) is 5.91 Å². The second kappa shape index (κ2) is 5.52. The quantitative estimate of drug-likeness (QED) is 0.884. The minimum Gasteiger partial charge on any atom is -0.379 e. The van der Waals surface area contributed by atoms with Crippen LogP contribution in [0.25, 0.3) is 0 Å². The molecule has 0 bridgehead atoms. The Balaban J connectivity index is 2.03. The number of ether oxygens (including phenoxy) is 1. The lowest BCUT2D eigenvalue weighted by Crippen LogP contribution is -2.41. The molecule has 1 aromatic rings. The molecular formula is C13H21N3O2. The van der Waals surface area contributed by atoms with Crippen molar-refractivity contribution in [1.29, 1.82) is 0 Å². The van der Waals surface area contributed by atoms with Crippen LogP contribution < -0.4 is 5.32 Å². The van der Waals surface area contributed by atoms with E-state index in [1.807, 2.05) is 6.07 Å². The monoisotopic (exact) mass is 251 g/mol. The van der Waals surface area contributed by atoms with Gasteiger partial charge in [0.2, 0.25) is 0 Å². The molecule has 0 spiro atoms. The van der Waals surface area contributed by atoms with Gasteiger partial charge in [-0.05, 0) is 24.8 Å². The molecule has 1 aliphatic rings. The van der Waals surface area contributed by atoms with E-state index in [9.17, 15) is 4.79 Å². The van der Waals surface area contributed by atoms with Crippen molar-refractivity contribution in [3.63, 3.8) is 0 Å². The van der Waals surface area contributed by atoms with E-state index in [2.05, 4.69) is 24.3 Å². The molecule has 0 saturated carbocycles. The zero-order valence-corrected chi connectivity index (χ0v) is 11.3. The Kier molecular flexibility index (Phi) is 4.01. The van der Waals surface area contributed by atoms with Gasteiger partial charge in [0, 0.05) is 13.7 Å². The van der Waals surface area contributed by atoms with Crippen LogP contribution in [0.4, 0.5) is 0 Å². The molecule has 5 nitrogen and oxygen atoms in total. The molecule has 1 saturated heterocycles. The van der Waals surface area contributed by atoms with Crippen LogP contribution in [0.3, 0.4) is 0 Å². The van der Waals surface area contributed by atoms with E-state index in [0.29, 0.717) is 18.2 Å². The molecule has 1 aromatic heterocycles. The Morgan fingerprint density at radius 1 is 1.61 bits per heavy atom. The number of aromatic nitrogens is 2. The number of carbonyl (C=O) groups excluding carboxylic acids is 1. The molecule has 1 atom stereocenters. The highest BCUT2D eigenvalue weighted by molar-refractivity contribution is 5.92. The Morgan fingerprint density at radius 2 is 2.39 bits per heavy atom. The SMILES string of the molecule is CC(C)c1cc(C(=O)NC2CCCOC2)n(C)n1. The van der Waals surface area contributed by atoms with Gasteiger partial charge in [0.1, 0.15) is 5.69 Å². The van der Waals surface area contributed by atoms with E-state index in [1.54, 1.807) is 11.7 Å². The summed E-state index contributed by atoms with van der Waals surface area (Å²) in [5, 5.41) is 7.35. The Morgan fingerprint density at radius 3 is 2.94 bits per heavy atom. The summed E-state index contributed by atoms with van der Waals surface area (Å²) in [4.78, 5) is 12.1. The third-order valence-corrected chi connectivity index (χ3v) is 3.22. The molecule has 1 aliphatic heterocycles. The molecule has 2 rings (SSSR count). The predicted molar refractivity (Wildman–Crippen MR) is 68.6 cm³/mol. The minimum absolute atomic E-state index is 0.0626. The van der Waals surface area contributed by atoms with Gasteiger partial charge in [0.05, 0.1) is 18.3 Å². The van der Waals surface area contributed by atoms with Crippen LogP contribution in [0.1, 0.15) is 48.8 Å². The minimum atomic E-state index is -0.0626. The maximum Gasteiger partial charge on any atom is 0.269 e. The summed E-state index contributed by atoms with van der Waals surface area (Å²) in [7, 11) is 1.80. The highest BCUT2D eigenvalue weighted by Crippen LogP contribution is 2.14. The van der Waals surface area contributed by atoms with Crippen LogP contribution in [0.15, 0.2) is 6.07 Å². The van der Waals surface area contributed by atoms with Gasteiger partial charge >= 0.3 is 0 Å². The summed E-state index contributed by atoms with van der Waals surface area (Å²) in [6, 6.07) is 1.99. The van der Waals surface area contributed by atoms with Gasteiger partial charge in [-0.15, -0.1) is 0 Å². The van der Waals surface area contributed by atoms with E-state index in [-0.39, 0.29) is 11.9 Å². The van der Waals surface area contributed by atoms with Crippen LogP contribution in [0, 0.1) is 0 Å².